The highest BCUT2D eigenvalue weighted by molar-refractivity contribution is 7.45. The van der Waals surface area contributed by atoms with Crippen molar-refractivity contribution in [2.24, 2.45) is 0 Å². The molecule has 0 radical (unpaired) electrons. The van der Waals surface area contributed by atoms with E-state index in [1.54, 1.807) is 6.92 Å². The SMILES string of the molecule is CC#CC(C)(OC(=O)c1ccc(-[s+]2c(C)cc3ccccc32)cc1)c1cccs1. The zero-order valence-electron chi connectivity index (χ0n) is 16.6. The maximum atomic E-state index is 12.8. The summed E-state index contributed by atoms with van der Waals surface area (Å²) < 4.78 is 7.18. The lowest BCUT2D eigenvalue weighted by Gasteiger charge is -2.22. The van der Waals surface area contributed by atoms with E-state index in [1.165, 1.54) is 31.2 Å². The van der Waals surface area contributed by atoms with Crippen LogP contribution in [0, 0.1) is 18.8 Å². The highest BCUT2D eigenvalue weighted by Gasteiger charge is 2.31. The molecule has 0 fully saturated rings. The quantitative estimate of drug-likeness (QED) is 0.202. The molecule has 2 atom stereocenters. The van der Waals surface area contributed by atoms with Gasteiger partial charge in [-0.05, 0) is 61.7 Å². The van der Waals surface area contributed by atoms with Gasteiger partial charge in [0.1, 0.15) is 0 Å². The number of thiophene rings is 2. The summed E-state index contributed by atoms with van der Waals surface area (Å²) in [6, 6.07) is 22.4. The molecule has 0 aliphatic rings. The van der Waals surface area contributed by atoms with E-state index in [2.05, 4.69) is 49.1 Å². The molecular weight excluding hydrogens is 396 g/mol. The van der Waals surface area contributed by atoms with Crippen LogP contribution in [0.5, 0.6) is 0 Å². The molecule has 0 spiro atoms. The third-order valence-electron chi connectivity index (χ3n) is 4.80. The number of hydrogen-bond acceptors (Lipinski definition) is 3. The molecule has 0 N–H and O–H groups in total. The van der Waals surface area contributed by atoms with Gasteiger partial charge in [-0.25, -0.2) is 4.79 Å². The number of rotatable bonds is 4. The van der Waals surface area contributed by atoms with Crippen LogP contribution in [0.15, 0.2) is 72.1 Å². The Balaban J connectivity index is 1.63. The second kappa shape index (κ2) is 7.87. The predicted molar refractivity (Wildman–Crippen MR) is 123 cm³/mol. The Kier molecular flexibility index (Phi) is 5.27. The number of carbonyl (C=O) groups excluding carboxylic acids is 1. The lowest BCUT2D eigenvalue weighted by atomic mass is 10.1. The Hall–Kier alpha value is -2.87. The highest BCUT2D eigenvalue weighted by atomic mass is 32.2. The first-order chi connectivity index (χ1) is 14.0. The summed E-state index contributed by atoms with van der Waals surface area (Å²) in [5.74, 6) is 5.57. The molecule has 2 nitrogen and oxygen atoms in total. The Labute approximate surface area is 177 Å². The second-order valence-corrected chi connectivity index (χ2v) is 10.0. The maximum Gasteiger partial charge on any atom is 0.339 e. The van der Waals surface area contributed by atoms with Gasteiger partial charge in [-0.3, -0.25) is 0 Å². The Bertz CT molecular complexity index is 1220. The van der Waals surface area contributed by atoms with Gasteiger partial charge in [0.2, 0.25) is 5.60 Å². The summed E-state index contributed by atoms with van der Waals surface area (Å²) in [7, 11) is -0.0899. The number of esters is 1. The van der Waals surface area contributed by atoms with Crippen LogP contribution in [0.2, 0.25) is 0 Å². The fourth-order valence-electron chi connectivity index (χ4n) is 3.45. The average molecular weight is 418 g/mol. The van der Waals surface area contributed by atoms with Crippen molar-refractivity contribution in [2.45, 2.75) is 26.4 Å². The summed E-state index contributed by atoms with van der Waals surface area (Å²) in [6.45, 7) is 5.76. The number of fused-ring (bicyclic) bond motifs is 1. The van der Waals surface area contributed by atoms with E-state index in [0.717, 1.165) is 4.88 Å². The molecule has 2 heterocycles. The minimum atomic E-state index is -0.940. The van der Waals surface area contributed by atoms with Gasteiger partial charge in [0.05, 0.1) is 10.4 Å². The molecule has 4 aromatic rings. The van der Waals surface area contributed by atoms with Gasteiger partial charge in [-0.2, -0.15) is 0 Å². The fraction of sp³-hybridized carbons (Fsp3) is 0.160. The molecule has 4 rings (SSSR count). The van der Waals surface area contributed by atoms with Crippen LogP contribution in [-0.4, -0.2) is 5.97 Å². The van der Waals surface area contributed by atoms with Crippen molar-refractivity contribution in [1.29, 1.82) is 0 Å². The Morgan fingerprint density at radius 1 is 1.07 bits per heavy atom. The Morgan fingerprint density at radius 2 is 1.83 bits per heavy atom. The third kappa shape index (κ3) is 3.72. The second-order valence-electron chi connectivity index (χ2n) is 6.90. The van der Waals surface area contributed by atoms with Gasteiger partial charge in [-0.15, -0.1) is 17.3 Å². The van der Waals surface area contributed by atoms with Gasteiger partial charge in [0, 0.05) is 28.8 Å². The lowest BCUT2D eigenvalue weighted by molar-refractivity contribution is 0.0141. The minimum Gasteiger partial charge on any atom is -0.437 e. The average Bonchev–Trinajstić information content (AvgIpc) is 3.36. The van der Waals surface area contributed by atoms with Gasteiger partial charge < -0.3 is 4.74 Å². The van der Waals surface area contributed by atoms with E-state index in [4.69, 9.17) is 4.74 Å². The van der Waals surface area contributed by atoms with Crippen molar-refractivity contribution in [2.75, 3.05) is 0 Å². The van der Waals surface area contributed by atoms with Gasteiger partial charge in [0.15, 0.2) is 14.5 Å². The Morgan fingerprint density at radius 3 is 2.52 bits per heavy atom. The van der Waals surface area contributed by atoms with Gasteiger partial charge in [-0.1, -0.05) is 24.1 Å². The molecule has 2 aromatic heterocycles. The fourth-order valence-corrected chi connectivity index (χ4v) is 6.43. The monoisotopic (exact) mass is 417 g/mol. The molecule has 29 heavy (non-hydrogen) atoms. The van der Waals surface area contributed by atoms with Crippen molar-refractivity contribution >= 4 is 37.9 Å². The van der Waals surface area contributed by atoms with Crippen LogP contribution in [0.1, 0.15) is 34.0 Å². The standard InChI is InChI=1S/C25H21O2S2/c1-4-15-25(3,23-10-7-16-28-23)27-24(26)19-11-13-21(14-12-19)29-18(2)17-20-8-5-6-9-22(20)29/h5-14,16-17H,1-3H3/q+1. The summed E-state index contributed by atoms with van der Waals surface area (Å²) in [4.78, 5) is 16.3. The van der Waals surface area contributed by atoms with Crippen molar-refractivity contribution in [3.63, 3.8) is 0 Å². The van der Waals surface area contributed by atoms with E-state index in [-0.39, 0.29) is 16.4 Å². The van der Waals surface area contributed by atoms with Crippen LogP contribution in [0.25, 0.3) is 15.0 Å². The summed E-state index contributed by atoms with van der Waals surface area (Å²) in [5.41, 5.74) is -0.406. The summed E-state index contributed by atoms with van der Waals surface area (Å²) >= 11 is 1.54. The maximum absolute atomic E-state index is 12.8. The molecule has 0 bridgehead atoms. The van der Waals surface area contributed by atoms with E-state index in [1.807, 2.05) is 48.7 Å². The molecule has 144 valence electrons. The molecule has 4 heteroatoms. The molecule has 0 aliphatic heterocycles. The molecule has 2 aromatic carbocycles. The first-order valence-electron chi connectivity index (χ1n) is 9.35. The highest BCUT2D eigenvalue weighted by Crippen LogP contribution is 2.43. The number of aryl methyl sites for hydroxylation is 1. The third-order valence-corrected chi connectivity index (χ3v) is 8.19. The molecular formula is C25H21O2S2+. The van der Waals surface area contributed by atoms with E-state index < -0.39 is 5.60 Å². The molecule has 0 aliphatic carbocycles. The van der Waals surface area contributed by atoms with E-state index >= 15 is 0 Å². The molecule has 0 amide bonds. The van der Waals surface area contributed by atoms with Gasteiger partial charge in [0.25, 0.3) is 0 Å². The predicted octanol–water partition coefficient (Wildman–Crippen LogP) is 7.04. The van der Waals surface area contributed by atoms with Gasteiger partial charge >= 0.3 is 5.97 Å². The van der Waals surface area contributed by atoms with E-state index in [0.29, 0.717) is 5.56 Å². The minimum absolute atomic E-state index is 0.0899. The van der Waals surface area contributed by atoms with E-state index in [9.17, 15) is 4.79 Å². The van der Waals surface area contributed by atoms with Crippen LogP contribution in [0.4, 0.5) is 0 Å². The molecule has 0 saturated carbocycles. The van der Waals surface area contributed by atoms with Crippen molar-refractivity contribution in [3.8, 4) is 16.7 Å². The number of ether oxygens (including phenoxy) is 1. The number of benzene rings is 2. The zero-order valence-corrected chi connectivity index (χ0v) is 18.2. The zero-order chi connectivity index (χ0) is 20.4. The summed E-state index contributed by atoms with van der Waals surface area (Å²) in [6.07, 6.45) is 0. The largest absolute Gasteiger partial charge is 0.437 e. The van der Waals surface area contributed by atoms with Crippen molar-refractivity contribution < 1.29 is 9.53 Å². The van der Waals surface area contributed by atoms with Crippen molar-refractivity contribution in [1.82, 2.24) is 0 Å². The van der Waals surface area contributed by atoms with Crippen molar-refractivity contribution in [3.05, 3.63) is 87.4 Å². The van der Waals surface area contributed by atoms with Crippen LogP contribution in [0.3, 0.4) is 0 Å². The molecule has 2 unspecified atom stereocenters. The number of hydrogen-bond donors (Lipinski definition) is 0. The molecule has 0 saturated heterocycles. The van der Waals surface area contributed by atoms with Crippen LogP contribution < -0.4 is 0 Å². The first-order valence-corrected chi connectivity index (χ1v) is 11.5. The normalized spacial score (nSPS) is 13.4. The first kappa shape index (κ1) is 19.4. The van der Waals surface area contributed by atoms with Crippen LogP contribution in [-0.2, 0) is 10.3 Å². The summed E-state index contributed by atoms with van der Waals surface area (Å²) in [5, 5.41) is 3.24. The topological polar surface area (TPSA) is 26.3 Å². The number of carbonyl (C=O) groups is 1. The lowest BCUT2D eigenvalue weighted by Crippen LogP contribution is -2.26. The van der Waals surface area contributed by atoms with Crippen LogP contribution >= 0.6 is 21.8 Å². The smallest absolute Gasteiger partial charge is 0.339 e.